The topological polar surface area (TPSA) is 75.7 Å². The molecule has 1 aromatic carbocycles. The van der Waals surface area contributed by atoms with E-state index in [1.165, 1.54) is 34.7 Å². The summed E-state index contributed by atoms with van der Waals surface area (Å²) >= 11 is 1.37. The third-order valence-electron chi connectivity index (χ3n) is 5.36. The van der Waals surface area contributed by atoms with Gasteiger partial charge in [-0.25, -0.2) is 0 Å². The summed E-state index contributed by atoms with van der Waals surface area (Å²) in [6, 6.07) is 8.59. The Bertz CT molecular complexity index is 981. The molecule has 6 nitrogen and oxygen atoms in total. The SMILES string of the molecule is O=C(CN1C(=O)COc2ccc(C(=O)c3cccs3)cc21)NCCC1=CCCCC1. The van der Waals surface area contributed by atoms with Crippen LogP contribution >= 0.6 is 11.3 Å². The van der Waals surface area contributed by atoms with Crippen LogP contribution in [0.25, 0.3) is 0 Å². The standard InChI is InChI=1S/C23H24N2O4S/c26-21(24-11-10-16-5-2-1-3-6-16)14-25-18-13-17(23(28)20-7-4-12-30-20)8-9-19(18)29-15-22(25)27/h4-5,7-9,12-13H,1-3,6,10-11,14-15H2,(H,24,26). The van der Waals surface area contributed by atoms with E-state index >= 15 is 0 Å². The van der Waals surface area contributed by atoms with Gasteiger partial charge in [-0.1, -0.05) is 17.7 Å². The van der Waals surface area contributed by atoms with E-state index in [4.69, 9.17) is 4.74 Å². The number of ketones is 1. The number of carbonyl (C=O) groups excluding carboxylic acids is 3. The molecule has 0 spiro atoms. The smallest absolute Gasteiger partial charge is 0.265 e. The van der Waals surface area contributed by atoms with E-state index in [1.807, 2.05) is 11.4 Å². The number of anilines is 1. The summed E-state index contributed by atoms with van der Waals surface area (Å²) in [7, 11) is 0. The zero-order chi connectivity index (χ0) is 20.9. The molecular weight excluding hydrogens is 400 g/mol. The predicted octanol–water partition coefficient (Wildman–Crippen LogP) is 3.71. The van der Waals surface area contributed by atoms with E-state index < -0.39 is 0 Å². The van der Waals surface area contributed by atoms with Gasteiger partial charge in [-0.3, -0.25) is 19.3 Å². The molecule has 2 aromatic rings. The Morgan fingerprint density at radius 2 is 2.10 bits per heavy atom. The maximum Gasteiger partial charge on any atom is 0.265 e. The van der Waals surface area contributed by atoms with Gasteiger partial charge < -0.3 is 10.1 Å². The molecule has 156 valence electrons. The minimum atomic E-state index is -0.298. The van der Waals surface area contributed by atoms with Gasteiger partial charge in [0, 0.05) is 12.1 Å². The van der Waals surface area contributed by atoms with Crippen LogP contribution in [-0.4, -0.2) is 37.3 Å². The molecule has 1 N–H and O–H groups in total. The van der Waals surface area contributed by atoms with Gasteiger partial charge in [0.2, 0.25) is 11.7 Å². The van der Waals surface area contributed by atoms with Gasteiger partial charge in [0.25, 0.3) is 5.91 Å². The molecule has 0 unspecified atom stereocenters. The third kappa shape index (κ3) is 4.62. The lowest BCUT2D eigenvalue weighted by atomic mass is 9.97. The molecule has 0 atom stereocenters. The van der Waals surface area contributed by atoms with Crippen LogP contribution in [0.1, 0.15) is 47.3 Å². The molecule has 0 bridgehead atoms. The second-order valence-corrected chi connectivity index (χ2v) is 8.41. The van der Waals surface area contributed by atoms with Crippen LogP contribution < -0.4 is 15.0 Å². The van der Waals surface area contributed by atoms with Crippen molar-refractivity contribution in [2.45, 2.75) is 32.1 Å². The first-order chi connectivity index (χ1) is 14.6. The average Bonchev–Trinajstić information content (AvgIpc) is 3.31. The Balaban J connectivity index is 1.44. The zero-order valence-corrected chi connectivity index (χ0v) is 17.5. The number of allylic oxidation sites excluding steroid dienone is 1. The number of thiophene rings is 1. The van der Waals surface area contributed by atoms with Crippen molar-refractivity contribution in [3.63, 3.8) is 0 Å². The molecule has 2 amide bonds. The maximum absolute atomic E-state index is 12.7. The lowest BCUT2D eigenvalue weighted by molar-refractivity contribution is -0.125. The number of benzene rings is 1. The van der Waals surface area contributed by atoms with Crippen LogP contribution in [0, 0.1) is 0 Å². The molecule has 0 fully saturated rings. The molecule has 2 heterocycles. The highest BCUT2D eigenvalue weighted by molar-refractivity contribution is 7.12. The highest BCUT2D eigenvalue weighted by Crippen LogP contribution is 2.33. The van der Waals surface area contributed by atoms with E-state index in [1.54, 1.807) is 24.3 Å². The van der Waals surface area contributed by atoms with Crippen molar-refractivity contribution in [1.29, 1.82) is 0 Å². The number of amides is 2. The summed E-state index contributed by atoms with van der Waals surface area (Å²) in [6.45, 7) is 0.350. The second kappa shape index (κ2) is 9.26. The number of rotatable bonds is 7. The summed E-state index contributed by atoms with van der Waals surface area (Å²) in [4.78, 5) is 39.6. The van der Waals surface area contributed by atoms with E-state index in [9.17, 15) is 14.4 Å². The van der Waals surface area contributed by atoms with Crippen LogP contribution in [0.5, 0.6) is 5.75 Å². The maximum atomic E-state index is 12.7. The van der Waals surface area contributed by atoms with Gasteiger partial charge >= 0.3 is 0 Å². The van der Waals surface area contributed by atoms with Crippen LogP contribution in [0.15, 0.2) is 47.4 Å². The van der Waals surface area contributed by atoms with E-state index in [0.717, 1.165) is 19.3 Å². The molecule has 2 aliphatic rings. The van der Waals surface area contributed by atoms with Crippen molar-refractivity contribution in [1.82, 2.24) is 5.32 Å². The number of ether oxygens (including phenoxy) is 1. The highest BCUT2D eigenvalue weighted by atomic mass is 32.1. The van der Waals surface area contributed by atoms with Crippen molar-refractivity contribution in [2.75, 3.05) is 24.6 Å². The van der Waals surface area contributed by atoms with Gasteiger partial charge in [0.1, 0.15) is 12.3 Å². The van der Waals surface area contributed by atoms with E-state index in [0.29, 0.717) is 28.4 Å². The molecule has 7 heteroatoms. The molecule has 1 aromatic heterocycles. The molecule has 4 rings (SSSR count). The molecular formula is C23H24N2O4S. The molecule has 30 heavy (non-hydrogen) atoms. The fourth-order valence-electron chi connectivity index (χ4n) is 3.76. The monoisotopic (exact) mass is 424 g/mol. The van der Waals surface area contributed by atoms with Gasteiger partial charge in [0.15, 0.2) is 6.61 Å². The first kappa shape index (κ1) is 20.3. The van der Waals surface area contributed by atoms with Crippen molar-refractivity contribution in [2.24, 2.45) is 0 Å². The number of carbonyl (C=O) groups is 3. The summed E-state index contributed by atoms with van der Waals surface area (Å²) in [5.41, 5.74) is 2.31. The number of nitrogens with zero attached hydrogens (tertiary/aromatic N) is 1. The second-order valence-electron chi connectivity index (χ2n) is 7.47. The number of fused-ring (bicyclic) bond motifs is 1. The first-order valence-electron chi connectivity index (χ1n) is 10.2. The summed E-state index contributed by atoms with van der Waals surface area (Å²) < 4.78 is 5.49. The average molecular weight is 425 g/mol. The molecule has 0 radical (unpaired) electrons. The Labute approximate surface area is 179 Å². The Hall–Kier alpha value is -2.93. The summed E-state index contributed by atoms with van der Waals surface area (Å²) in [6.07, 6.45) is 7.79. The fraction of sp³-hybridized carbons (Fsp3) is 0.348. The summed E-state index contributed by atoms with van der Waals surface area (Å²) in [5.74, 6) is -0.135. The Morgan fingerprint density at radius 1 is 1.20 bits per heavy atom. The molecule has 1 aliphatic heterocycles. The van der Waals surface area contributed by atoms with Crippen LogP contribution in [0.4, 0.5) is 5.69 Å². The first-order valence-corrected chi connectivity index (χ1v) is 11.1. The van der Waals surface area contributed by atoms with Crippen LogP contribution in [0.2, 0.25) is 0 Å². The molecule has 0 saturated heterocycles. The predicted molar refractivity (Wildman–Crippen MR) is 116 cm³/mol. The largest absolute Gasteiger partial charge is 0.482 e. The number of hydrogen-bond acceptors (Lipinski definition) is 5. The Kier molecular flexibility index (Phi) is 6.28. The number of nitrogens with one attached hydrogen (secondary N) is 1. The Morgan fingerprint density at radius 3 is 2.87 bits per heavy atom. The van der Waals surface area contributed by atoms with Gasteiger partial charge in [-0.15, -0.1) is 11.3 Å². The minimum absolute atomic E-state index is 0.0924. The molecule has 1 aliphatic carbocycles. The van der Waals surface area contributed by atoms with Crippen LogP contribution in [-0.2, 0) is 9.59 Å². The normalized spacial score (nSPS) is 15.8. The van der Waals surface area contributed by atoms with Gasteiger partial charge in [-0.2, -0.15) is 0 Å². The lowest BCUT2D eigenvalue weighted by Gasteiger charge is -2.29. The van der Waals surface area contributed by atoms with Crippen molar-refractivity contribution in [3.05, 3.63) is 57.8 Å². The highest BCUT2D eigenvalue weighted by Gasteiger charge is 2.28. The third-order valence-corrected chi connectivity index (χ3v) is 6.23. The quantitative estimate of drug-likeness (QED) is 0.543. The van der Waals surface area contributed by atoms with E-state index in [2.05, 4.69) is 11.4 Å². The van der Waals surface area contributed by atoms with E-state index in [-0.39, 0.29) is 30.7 Å². The number of hydrogen-bond donors (Lipinski definition) is 1. The zero-order valence-electron chi connectivity index (χ0n) is 16.7. The van der Waals surface area contributed by atoms with Crippen molar-refractivity contribution < 1.29 is 19.1 Å². The molecule has 0 saturated carbocycles. The minimum Gasteiger partial charge on any atom is -0.482 e. The van der Waals surface area contributed by atoms with Crippen molar-refractivity contribution in [3.8, 4) is 5.75 Å². The fourth-order valence-corrected chi connectivity index (χ4v) is 4.45. The van der Waals surface area contributed by atoms with Gasteiger partial charge in [0.05, 0.1) is 10.6 Å². The van der Waals surface area contributed by atoms with Gasteiger partial charge in [-0.05, 0) is 61.7 Å². The van der Waals surface area contributed by atoms with Crippen molar-refractivity contribution >= 4 is 34.6 Å². The summed E-state index contributed by atoms with van der Waals surface area (Å²) in [5, 5.41) is 4.75. The van der Waals surface area contributed by atoms with Crippen LogP contribution in [0.3, 0.4) is 0 Å². The lowest BCUT2D eigenvalue weighted by Crippen LogP contribution is -2.45.